The first-order valence-corrected chi connectivity index (χ1v) is 6.44. The van der Waals surface area contributed by atoms with Gasteiger partial charge in [-0.15, -0.1) is 0 Å². The predicted octanol–water partition coefficient (Wildman–Crippen LogP) is 3.15. The number of hydrogen-bond acceptors (Lipinski definition) is 2. The molecule has 5 heteroatoms. The monoisotopic (exact) mass is 278 g/mol. The first-order chi connectivity index (χ1) is 9.02. The third-order valence-corrected chi connectivity index (χ3v) is 3.35. The van der Waals surface area contributed by atoms with Gasteiger partial charge in [0.05, 0.1) is 12.2 Å². The molecule has 0 spiro atoms. The van der Waals surface area contributed by atoms with Gasteiger partial charge in [-0.3, -0.25) is 0 Å². The van der Waals surface area contributed by atoms with E-state index in [-0.39, 0.29) is 10.7 Å². The summed E-state index contributed by atoms with van der Waals surface area (Å²) >= 11 is 6.10. The van der Waals surface area contributed by atoms with E-state index in [0.717, 1.165) is 5.56 Å². The van der Waals surface area contributed by atoms with E-state index in [1.54, 1.807) is 0 Å². The molecule has 0 aliphatic rings. The van der Waals surface area contributed by atoms with Gasteiger partial charge in [0.15, 0.2) is 0 Å². The Morgan fingerprint density at radius 2 is 2.00 bits per heavy atom. The molecule has 0 fully saturated rings. The molecule has 1 aromatic carbocycles. The van der Waals surface area contributed by atoms with Crippen LogP contribution in [0.5, 0.6) is 0 Å². The second kappa shape index (κ2) is 5.45. The Kier molecular flexibility index (Phi) is 3.90. The highest BCUT2D eigenvalue weighted by Gasteiger charge is 2.20. The van der Waals surface area contributed by atoms with Crippen LogP contribution in [0.3, 0.4) is 0 Å². The van der Waals surface area contributed by atoms with Gasteiger partial charge in [0.1, 0.15) is 10.7 Å². The van der Waals surface area contributed by atoms with Crippen LogP contribution in [-0.4, -0.2) is 20.9 Å². The van der Waals surface area contributed by atoms with E-state index in [0.29, 0.717) is 18.7 Å². The zero-order valence-electron chi connectivity index (χ0n) is 10.9. The molecule has 100 valence electrons. The molecule has 0 amide bonds. The summed E-state index contributed by atoms with van der Waals surface area (Å²) < 4.78 is 1.54. The second-order valence-corrected chi connectivity index (χ2v) is 4.77. The van der Waals surface area contributed by atoms with E-state index >= 15 is 0 Å². The number of carbonyl (C=O) groups is 1. The maximum Gasteiger partial charge on any atom is 0.340 e. The number of rotatable bonds is 4. The molecule has 0 radical (unpaired) electrons. The number of nitrogens with zero attached hydrogens (tertiary/aromatic N) is 2. The van der Waals surface area contributed by atoms with E-state index in [2.05, 4.69) is 5.10 Å². The molecule has 0 saturated heterocycles. The third-order valence-electron chi connectivity index (χ3n) is 2.96. The van der Waals surface area contributed by atoms with Gasteiger partial charge in [0, 0.05) is 0 Å². The van der Waals surface area contributed by atoms with Gasteiger partial charge < -0.3 is 5.11 Å². The van der Waals surface area contributed by atoms with Crippen LogP contribution >= 0.6 is 11.6 Å². The molecule has 2 aromatic rings. The maximum atomic E-state index is 11.2. The normalized spacial score (nSPS) is 10.7. The van der Waals surface area contributed by atoms with Crippen molar-refractivity contribution in [2.45, 2.75) is 26.8 Å². The Balaban J connectivity index is 2.35. The zero-order valence-corrected chi connectivity index (χ0v) is 11.6. The van der Waals surface area contributed by atoms with Crippen LogP contribution in [0, 0.1) is 6.92 Å². The topological polar surface area (TPSA) is 55.1 Å². The van der Waals surface area contributed by atoms with Crippen molar-refractivity contribution in [2.24, 2.45) is 0 Å². The molecule has 19 heavy (non-hydrogen) atoms. The molecular weight excluding hydrogens is 264 g/mol. The fourth-order valence-corrected chi connectivity index (χ4v) is 2.21. The summed E-state index contributed by atoms with van der Waals surface area (Å²) in [6.45, 7) is 4.35. The number of halogens is 1. The third kappa shape index (κ3) is 2.79. The van der Waals surface area contributed by atoms with E-state index in [4.69, 9.17) is 16.7 Å². The minimum Gasteiger partial charge on any atom is -0.478 e. The average molecular weight is 279 g/mol. The molecule has 0 atom stereocenters. The second-order valence-electron chi connectivity index (χ2n) is 4.41. The van der Waals surface area contributed by atoms with Gasteiger partial charge >= 0.3 is 5.97 Å². The Morgan fingerprint density at radius 3 is 2.47 bits per heavy atom. The molecule has 2 rings (SSSR count). The lowest BCUT2D eigenvalue weighted by molar-refractivity contribution is 0.0696. The first kappa shape index (κ1) is 13.6. The van der Waals surface area contributed by atoms with Crippen LogP contribution in [0.15, 0.2) is 24.3 Å². The zero-order chi connectivity index (χ0) is 14.0. The smallest absolute Gasteiger partial charge is 0.340 e. The standard InChI is InChI=1S/C14H15ClN2O2/c1-3-11-12(14(18)19)13(15)17(16-11)8-10-6-4-9(2)5-7-10/h4-7H,3,8H2,1-2H3,(H,18,19). The van der Waals surface area contributed by atoms with Crippen LogP contribution in [0.4, 0.5) is 0 Å². The summed E-state index contributed by atoms with van der Waals surface area (Å²) in [5, 5.41) is 13.6. The lowest BCUT2D eigenvalue weighted by Crippen LogP contribution is -2.03. The van der Waals surface area contributed by atoms with Crippen LogP contribution < -0.4 is 0 Å². The Hall–Kier alpha value is -1.81. The number of carboxylic acids is 1. The predicted molar refractivity (Wildman–Crippen MR) is 73.9 cm³/mol. The van der Waals surface area contributed by atoms with Crippen molar-refractivity contribution in [2.75, 3.05) is 0 Å². The van der Waals surface area contributed by atoms with Crippen molar-refractivity contribution < 1.29 is 9.90 Å². The molecule has 1 heterocycles. The highest BCUT2D eigenvalue weighted by Crippen LogP contribution is 2.22. The van der Waals surface area contributed by atoms with Crippen LogP contribution in [-0.2, 0) is 13.0 Å². The Morgan fingerprint density at radius 1 is 1.37 bits per heavy atom. The van der Waals surface area contributed by atoms with E-state index in [9.17, 15) is 4.79 Å². The van der Waals surface area contributed by atoms with Crippen molar-refractivity contribution in [1.29, 1.82) is 0 Å². The van der Waals surface area contributed by atoms with Crippen molar-refractivity contribution in [3.8, 4) is 0 Å². The molecule has 0 saturated carbocycles. The average Bonchev–Trinajstić information content (AvgIpc) is 2.69. The lowest BCUT2D eigenvalue weighted by Gasteiger charge is -2.04. The summed E-state index contributed by atoms with van der Waals surface area (Å²) in [6, 6.07) is 7.98. The van der Waals surface area contributed by atoms with Gasteiger partial charge in [-0.05, 0) is 18.9 Å². The number of aromatic carboxylic acids is 1. The fourth-order valence-electron chi connectivity index (χ4n) is 1.92. The molecule has 4 nitrogen and oxygen atoms in total. The minimum absolute atomic E-state index is 0.108. The summed E-state index contributed by atoms with van der Waals surface area (Å²) in [7, 11) is 0. The first-order valence-electron chi connectivity index (χ1n) is 6.07. The van der Waals surface area contributed by atoms with Gasteiger partial charge in [-0.2, -0.15) is 5.10 Å². The molecular formula is C14H15ClN2O2. The SMILES string of the molecule is CCc1nn(Cc2ccc(C)cc2)c(Cl)c1C(=O)O. The van der Waals surface area contributed by atoms with E-state index in [1.165, 1.54) is 10.2 Å². The molecule has 1 aromatic heterocycles. The summed E-state index contributed by atoms with van der Waals surface area (Å²) in [5.74, 6) is -1.03. The molecule has 0 unspecified atom stereocenters. The molecule has 0 aliphatic carbocycles. The van der Waals surface area contributed by atoms with Crippen LogP contribution in [0.2, 0.25) is 5.15 Å². The number of hydrogen-bond donors (Lipinski definition) is 1. The van der Waals surface area contributed by atoms with Crippen LogP contribution in [0.1, 0.15) is 34.1 Å². The summed E-state index contributed by atoms with van der Waals surface area (Å²) in [5.41, 5.74) is 2.84. The van der Waals surface area contributed by atoms with Gasteiger partial charge in [-0.1, -0.05) is 48.4 Å². The number of benzene rings is 1. The Labute approximate surface area is 116 Å². The fraction of sp³-hybridized carbons (Fsp3) is 0.286. The lowest BCUT2D eigenvalue weighted by atomic mass is 10.1. The molecule has 1 N–H and O–H groups in total. The number of aromatic nitrogens is 2. The maximum absolute atomic E-state index is 11.2. The van der Waals surface area contributed by atoms with Crippen LogP contribution in [0.25, 0.3) is 0 Å². The van der Waals surface area contributed by atoms with Gasteiger partial charge in [-0.25, -0.2) is 9.48 Å². The van der Waals surface area contributed by atoms with Crippen molar-refractivity contribution in [3.63, 3.8) is 0 Å². The van der Waals surface area contributed by atoms with Gasteiger partial charge in [0.25, 0.3) is 0 Å². The summed E-state index contributed by atoms with van der Waals surface area (Å²) in [4.78, 5) is 11.2. The molecule has 0 aliphatic heterocycles. The quantitative estimate of drug-likeness (QED) is 0.935. The molecule has 0 bridgehead atoms. The summed E-state index contributed by atoms with van der Waals surface area (Å²) in [6.07, 6.45) is 0.544. The van der Waals surface area contributed by atoms with Crippen molar-refractivity contribution in [1.82, 2.24) is 9.78 Å². The van der Waals surface area contributed by atoms with Gasteiger partial charge in [0.2, 0.25) is 0 Å². The van der Waals surface area contributed by atoms with Crippen molar-refractivity contribution >= 4 is 17.6 Å². The largest absolute Gasteiger partial charge is 0.478 e. The van der Waals surface area contributed by atoms with E-state index < -0.39 is 5.97 Å². The minimum atomic E-state index is -1.03. The highest BCUT2D eigenvalue weighted by molar-refractivity contribution is 6.32. The number of carboxylic acid groups (broad SMARTS) is 1. The Bertz CT molecular complexity index is 603. The number of aryl methyl sites for hydroxylation is 2. The van der Waals surface area contributed by atoms with E-state index in [1.807, 2.05) is 38.1 Å². The highest BCUT2D eigenvalue weighted by atomic mass is 35.5. The van der Waals surface area contributed by atoms with Crippen molar-refractivity contribution in [3.05, 3.63) is 51.8 Å².